The van der Waals surface area contributed by atoms with Crippen LogP contribution >= 0.6 is 12.0 Å². The normalized spacial score (nSPS) is 11.3. The number of carbonyl (C=O) groups excluding carboxylic acids is 2. The third-order valence-electron chi connectivity index (χ3n) is 6.69. The van der Waals surface area contributed by atoms with Gasteiger partial charge in [0.25, 0.3) is 11.8 Å². The minimum atomic E-state index is -5.17. The molecule has 16 nitrogen and oxygen atoms in total. The van der Waals surface area contributed by atoms with Crippen molar-refractivity contribution < 1.29 is 181 Å². The minimum Gasteiger partial charge on any atom is -0.744 e. The van der Waals surface area contributed by atoms with Crippen LogP contribution < -0.4 is 134 Å². The Bertz CT molecular complexity index is 2470. The molecule has 0 bridgehead atoms. The number of nitrogens with one attached hydrogen (secondary N) is 2. The van der Waals surface area contributed by atoms with Crippen LogP contribution in [0.25, 0.3) is 21.5 Å². The largest absolute Gasteiger partial charge is 1.00 e. The Morgan fingerprint density at radius 3 is 1.38 bits per heavy atom. The van der Waals surface area contributed by atoms with E-state index in [9.17, 15) is 53.8 Å². The van der Waals surface area contributed by atoms with E-state index < -0.39 is 56.9 Å². The zero-order chi connectivity index (χ0) is 35.0. The number of fused-ring (bicyclic) bond motifs is 2. The molecule has 0 aromatic heterocycles. The summed E-state index contributed by atoms with van der Waals surface area (Å²) in [4.78, 5) is 23.4. The summed E-state index contributed by atoms with van der Waals surface area (Å²) in [7, 11) is -15.2. The van der Waals surface area contributed by atoms with Crippen LogP contribution in [-0.4, -0.2) is 50.7 Å². The van der Waals surface area contributed by atoms with Gasteiger partial charge in [0.15, 0.2) is 0 Å². The summed E-state index contributed by atoms with van der Waals surface area (Å²) in [5, 5.41) is 18.5. The summed E-state index contributed by atoms with van der Waals surface area (Å²) < 4.78 is 109. The van der Waals surface area contributed by atoms with Gasteiger partial charge in [-0.2, -0.15) is 4.33 Å². The molecule has 5 aromatic carbocycles. The molecule has 0 radical (unpaired) electrons. The predicted molar refractivity (Wildman–Crippen MR) is 162 cm³/mol. The Balaban J connectivity index is 0.00000338. The second-order valence-corrected chi connectivity index (χ2v) is 14.6. The van der Waals surface area contributed by atoms with Crippen molar-refractivity contribution in [1.29, 1.82) is 0 Å². The van der Waals surface area contributed by atoms with Gasteiger partial charge in [-0.3, -0.25) is 14.6 Å². The maximum atomic E-state index is 12.9. The van der Waals surface area contributed by atoms with Crippen molar-refractivity contribution in [2.24, 2.45) is 0 Å². The van der Waals surface area contributed by atoms with Gasteiger partial charge < -0.3 is 29.5 Å². The fraction of sp³-hybridized carbons (Fsp3) is 0. The van der Waals surface area contributed by atoms with E-state index in [1.807, 2.05) is 0 Å². The number of carbonyl (C=O) groups is 2. The summed E-state index contributed by atoms with van der Waals surface area (Å²) in [6.07, 6.45) is 0. The van der Waals surface area contributed by atoms with Crippen molar-refractivity contribution in [3.63, 3.8) is 0 Å². The van der Waals surface area contributed by atoms with Crippen molar-refractivity contribution in [3.8, 4) is 0 Å². The predicted octanol–water partition coefficient (Wildman–Crippen LogP) is -9.54. The smallest absolute Gasteiger partial charge is 0.744 e. The van der Waals surface area contributed by atoms with E-state index in [2.05, 4.69) is 20.0 Å². The Morgan fingerprint density at radius 2 is 0.981 bits per heavy atom. The maximum absolute atomic E-state index is 12.9. The molecule has 0 spiro atoms. The van der Waals surface area contributed by atoms with Gasteiger partial charge in [0.05, 0.1) is 26.7 Å². The Labute approximate surface area is 389 Å². The van der Waals surface area contributed by atoms with Crippen LogP contribution in [0.4, 0.5) is 11.4 Å². The van der Waals surface area contributed by atoms with Gasteiger partial charge in [0, 0.05) is 27.4 Å². The number of anilines is 2. The SMILES string of the molecule is O=C(Nc1ccc2c(S(=O)(=O)[O-])cc(SOO[O-])cc2c1)c1ccc(C(=O)Nc2ccc3c(S(=O)(=O)[O-])cc(S(=O)(=O)[O-])cc3c2)cc1.[Na+].[Na+].[Na+].[Na+]. The average molecular weight is 825 g/mol. The van der Waals surface area contributed by atoms with Gasteiger partial charge in [0.1, 0.15) is 30.4 Å². The Morgan fingerprint density at radius 1 is 0.558 bits per heavy atom. The second kappa shape index (κ2) is 20.1. The topological polar surface area (TPSA) is 271 Å². The van der Waals surface area contributed by atoms with E-state index in [0.717, 1.165) is 18.2 Å². The van der Waals surface area contributed by atoms with Crippen LogP contribution in [0.15, 0.2) is 105 Å². The zero-order valence-electron chi connectivity index (χ0n) is 27.4. The second-order valence-electron chi connectivity index (χ2n) is 9.78. The Hall–Kier alpha value is -0.480. The number of hydrogen-bond acceptors (Lipinski definition) is 15. The fourth-order valence-electron chi connectivity index (χ4n) is 4.61. The van der Waals surface area contributed by atoms with Gasteiger partial charge in [-0.05, 0) is 94.3 Å². The molecule has 0 aliphatic carbocycles. The molecule has 0 atom stereocenters. The third-order valence-corrected chi connectivity index (χ3v) is 9.80. The van der Waals surface area contributed by atoms with Gasteiger partial charge >= 0.3 is 118 Å². The molecule has 2 amide bonds. The van der Waals surface area contributed by atoms with E-state index in [-0.39, 0.29) is 167 Å². The minimum absolute atomic E-state index is 0. The summed E-state index contributed by atoms with van der Waals surface area (Å²) in [5.41, 5.74) is 0.422. The molecule has 2 N–H and O–H groups in total. The molecule has 0 unspecified atom stereocenters. The van der Waals surface area contributed by atoms with Crippen molar-refractivity contribution in [3.05, 3.63) is 96.1 Å². The molecule has 0 saturated carbocycles. The number of hydrogen-bond donors (Lipinski definition) is 2. The van der Waals surface area contributed by atoms with E-state index in [1.54, 1.807) is 0 Å². The van der Waals surface area contributed by atoms with Crippen molar-refractivity contribution >= 4 is 87.1 Å². The molecular formula is C28H16N2Na4O14S4. The Kier molecular flexibility index (Phi) is 19.1. The van der Waals surface area contributed by atoms with E-state index >= 15 is 0 Å². The van der Waals surface area contributed by atoms with Crippen molar-refractivity contribution in [2.75, 3.05) is 10.6 Å². The first-order valence-electron chi connectivity index (χ1n) is 12.8. The monoisotopic (exact) mass is 824 g/mol. The third kappa shape index (κ3) is 12.3. The molecule has 0 aliphatic rings. The molecule has 5 rings (SSSR count). The molecule has 0 heterocycles. The van der Waals surface area contributed by atoms with Crippen LogP contribution in [-0.2, 0) is 39.7 Å². The first-order valence-corrected chi connectivity index (χ1v) is 17.8. The summed E-state index contributed by atoms with van der Waals surface area (Å²) >= 11 is 0.365. The number of rotatable bonds is 10. The molecule has 0 fully saturated rings. The molecular weight excluding hydrogens is 809 g/mol. The molecule has 250 valence electrons. The van der Waals surface area contributed by atoms with Gasteiger partial charge in [-0.25, -0.2) is 25.3 Å². The first kappa shape index (κ1) is 49.5. The fourth-order valence-corrected chi connectivity index (χ4v) is 7.19. The summed E-state index contributed by atoms with van der Waals surface area (Å²) in [5.74, 6) is -1.32. The van der Waals surface area contributed by atoms with Crippen LogP contribution in [0.3, 0.4) is 0 Å². The van der Waals surface area contributed by atoms with Crippen molar-refractivity contribution in [1.82, 2.24) is 0 Å². The van der Waals surface area contributed by atoms with E-state index in [0.29, 0.717) is 18.1 Å². The van der Waals surface area contributed by atoms with Gasteiger partial charge in [0.2, 0.25) is 0 Å². The van der Waals surface area contributed by atoms with Crippen molar-refractivity contribution in [2.45, 2.75) is 19.6 Å². The maximum Gasteiger partial charge on any atom is 1.00 e. The number of benzene rings is 5. The van der Waals surface area contributed by atoms with Gasteiger partial charge in [-0.1, -0.05) is 12.1 Å². The van der Waals surface area contributed by atoms with Gasteiger partial charge in [-0.15, -0.1) is 0 Å². The standard InChI is InChI=1S/C28H20N2O14S4.4Na/c31-27(29-19-5-7-23-17(9-19)11-21(45-44-43-33)13-25(23)47(37,38)39)15-1-3-16(4-2-15)28(32)30-20-6-8-24-18(10-20)12-22(46(34,35)36)14-26(24)48(40,41)42;;;;/h1-14,33H,(H,29,31)(H,30,32)(H,34,35,36)(H,37,38,39)(H,40,41,42);;;;/q;4*+1/p-4. The summed E-state index contributed by atoms with van der Waals surface area (Å²) in [6.45, 7) is 0. The average Bonchev–Trinajstić information content (AvgIpc) is 3.01. The quantitative estimate of drug-likeness (QED) is 0.0435. The molecule has 0 aliphatic heterocycles. The van der Waals surface area contributed by atoms with Crippen LogP contribution in [0.2, 0.25) is 0 Å². The first-order chi connectivity index (χ1) is 22.4. The number of amides is 2. The van der Waals surface area contributed by atoms with Crippen LogP contribution in [0, 0.1) is 0 Å². The molecule has 5 aromatic rings. The van der Waals surface area contributed by atoms with E-state index in [4.69, 9.17) is 0 Å². The molecule has 0 saturated heterocycles. The van der Waals surface area contributed by atoms with Crippen LogP contribution in [0.1, 0.15) is 20.7 Å². The van der Waals surface area contributed by atoms with E-state index in [1.165, 1.54) is 60.7 Å². The summed E-state index contributed by atoms with van der Waals surface area (Å²) in [6, 6.07) is 16.6. The van der Waals surface area contributed by atoms with Crippen LogP contribution in [0.5, 0.6) is 0 Å². The molecule has 24 heteroatoms. The molecule has 52 heavy (non-hydrogen) atoms. The zero-order valence-corrected chi connectivity index (χ0v) is 38.7.